The first-order valence-corrected chi connectivity index (χ1v) is 5.51. The highest BCUT2D eigenvalue weighted by atomic mass is 35.5. The fourth-order valence-corrected chi connectivity index (χ4v) is 1.84. The van der Waals surface area contributed by atoms with E-state index in [1.54, 1.807) is 4.90 Å². The highest BCUT2D eigenvalue weighted by molar-refractivity contribution is 6.28. The number of carbonyl (C=O) groups excluding carboxylic acids is 2. The van der Waals surface area contributed by atoms with Crippen molar-refractivity contribution in [3.8, 4) is 0 Å². The Labute approximate surface area is 98.2 Å². The second-order valence-corrected chi connectivity index (χ2v) is 3.78. The molecule has 1 aliphatic heterocycles. The summed E-state index contributed by atoms with van der Waals surface area (Å²) in [4.78, 5) is 24.3. The summed E-state index contributed by atoms with van der Waals surface area (Å²) in [5, 5.41) is 2.23. The van der Waals surface area contributed by atoms with Crippen molar-refractivity contribution in [1.82, 2.24) is 5.32 Å². The lowest BCUT2D eigenvalue weighted by Crippen LogP contribution is -2.42. The fraction of sp³-hybridized carbons (Fsp3) is 0.273. The SMILES string of the molecule is O=C(CCl)NC(=O)N1CCc2ccccc21. The molecule has 0 saturated carbocycles. The molecule has 1 N–H and O–H groups in total. The second kappa shape index (κ2) is 4.53. The molecule has 0 aromatic heterocycles. The molecule has 2 rings (SSSR count). The van der Waals surface area contributed by atoms with Gasteiger partial charge in [0, 0.05) is 12.2 Å². The molecule has 1 aromatic carbocycles. The van der Waals surface area contributed by atoms with Gasteiger partial charge in [0.1, 0.15) is 5.88 Å². The number of nitrogens with zero attached hydrogens (tertiary/aromatic N) is 1. The van der Waals surface area contributed by atoms with Crippen LogP contribution in [0, 0.1) is 0 Å². The van der Waals surface area contributed by atoms with Gasteiger partial charge in [-0.1, -0.05) is 18.2 Å². The van der Waals surface area contributed by atoms with Crippen molar-refractivity contribution < 1.29 is 9.59 Å². The molecule has 3 amide bonds. The van der Waals surface area contributed by atoms with Crippen LogP contribution >= 0.6 is 11.6 Å². The summed E-state index contributed by atoms with van der Waals surface area (Å²) < 4.78 is 0. The topological polar surface area (TPSA) is 49.4 Å². The van der Waals surface area contributed by atoms with Gasteiger partial charge in [0.05, 0.1) is 0 Å². The van der Waals surface area contributed by atoms with Crippen LogP contribution in [0.3, 0.4) is 0 Å². The first-order chi connectivity index (χ1) is 7.72. The van der Waals surface area contributed by atoms with E-state index < -0.39 is 11.9 Å². The van der Waals surface area contributed by atoms with Gasteiger partial charge in [-0.3, -0.25) is 15.0 Å². The van der Waals surface area contributed by atoms with E-state index in [-0.39, 0.29) is 5.88 Å². The molecule has 0 spiro atoms. The van der Waals surface area contributed by atoms with Crippen molar-refractivity contribution in [2.24, 2.45) is 0 Å². The molecule has 1 aliphatic rings. The maximum absolute atomic E-state index is 11.7. The number of nitrogens with one attached hydrogen (secondary N) is 1. The number of benzene rings is 1. The third-order valence-electron chi connectivity index (χ3n) is 2.50. The quantitative estimate of drug-likeness (QED) is 0.755. The molecule has 0 fully saturated rings. The Morgan fingerprint density at radius 1 is 1.38 bits per heavy atom. The van der Waals surface area contributed by atoms with E-state index in [0.717, 1.165) is 17.7 Å². The Hall–Kier alpha value is -1.55. The number of hydrogen-bond acceptors (Lipinski definition) is 2. The van der Waals surface area contributed by atoms with Crippen molar-refractivity contribution in [2.75, 3.05) is 17.3 Å². The smallest absolute Gasteiger partial charge is 0.294 e. The summed E-state index contributed by atoms with van der Waals surface area (Å²) in [7, 11) is 0. The number of para-hydroxylation sites is 1. The van der Waals surface area contributed by atoms with E-state index in [1.807, 2.05) is 24.3 Å². The Morgan fingerprint density at radius 3 is 2.88 bits per heavy atom. The van der Waals surface area contributed by atoms with Gasteiger partial charge in [-0.25, -0.2) is 4.79 Å². The van der Waals surface area contributed by atoms with E-state index in [4.69, 9.17) is 11.6 Å². The Bertz CT molecular complexity index is 434. The molecule has 0 radical (unpaired) electrons. The van der Waals surface area contributed by atoms with Crippen LogP contribution in [-0.4, -0.2) is 24.4 Å². The molecule has 4 nitrogen and oxygen atoms in total. The number of alkyl halides is 1. The molecule has 16 heavy (non-hydrogen) atoms. The number of halogens is 1. The van der Waals surface area contributed by atoms with Crippen LogP contribution in [0.5, 0.6) is 0 Å². The normalized spacial score (nSPS) is 13.4. The van der Waals surface area contributed by atoms with Crippen LogP contribution in [0.2, 0.25) is 0 Å². The van der Waals surface area contributed by atoms with Crippen LogP contribution in [0.25, 0.3) is 0 Å². The average Bonchev–Trinajstić information content (AvgIpc) is 2.72. The van der Waals surface area contributed by atoms with Crippen LogP contribution in [0.4, 0.5) is 10.5 Å². The van der Waals surface area contributed by atoms with Crippen molar-refractivity contribution in [1.29, 1.82) is 0 Å². The first kappa shape index (κ1) is 11.0. The largest absolute Gasteiger partial charge is 0.328 e. The maximum atomic E-state index is 11.7. The second-order valence-electron chi connectivity index (χ2n) is 3.52. The average molecular weight is 239 g/mol. The highest BCUT2D eigenvalue weighted by Crippen LogP contribution is 2.27. The first-order valence-electron chi connectivity index (χ1n) is 4.97. The molecule has 84 valence electrons. The number of rotatable bonds is 1. The van der Waals surface area contributed by atoms with E-state index in [2.05, 4.69) is 5.32 Å². The van der Waals surface area contributed by atoms with Gasteiger partial charge in [0.2, 0.25) is 5.91 Å². The van der Waals surface area contributed by atoms with Crippen LogP contribution in [0.15, 0.2) is 24.3 Å². The van der Waals surface area contributed by atoms with Crippen molar-refractivity contribution in [3.63, 3.8) is 0 Å². The molecule has 0 aliphatic carbocycles. The minimum atomic E-state index is -0.476. The predicted octanol–water partition coefficient (Wildman–Crippen LogP) is 1.52. The van der Waals surface area contributed by atoms with Crippen LogP contribution in [-0.2, 0) is 11.2 Å². The van der Waals surface area contributed by atoms with Crippen molar-refractivity contribution in [3.05, 3.63) is 29.8 Å². The standard InChI is InChI=1S/C11H11ClN2O2/c12-7-10(15)13-11(16)14-6-5-8-3-1-2-4-9(8)14/h1-4H,5-7H2,(H,13,15,16). The summed E-state index contributed by atoms with van der Waals surface area (Å²) in [6, 6.07) is 7.24. The molecule has 0 atom stereocenters. The van der Waals surface area contributed by atoms with E-state index >= 15 is 0 Å². The Balaban J connectivity index is 2.13. The van der Waals surface area contributed by atoms with Gasteiger partial charge in [0.25, 0.3) is 0 Å². The molecular formula is C11H11ClN2O2. The maximum Gasteiger partial charge on any atom is 0.328 e. The number of anilines is 1. The molecule has 0 saturated heterocycles. The molecule has 0 unspecified atom stereocenters. The van der Waals surface area contributed by atoms with Gasteiger partial charge in [0.15, 0.2) is 0 Å². The Kier molecular flexibility index (Phi) is 3.10. The molecule has 1 heterocycles. The van der Waals surface area contributed by atoms with E-state index in [9.17, 15) is 9.59 Å². The number of hydrogen-bond donors (Lipinski definition) is 1. The van der Waals surface area contributed by atoms with Gasteiger partial charge in [-0.2, -0.15) is 0 Å². The lowest BCUT2D eigenvalue weighted by Gasteiger charge is -2.16. The summed E-state index contributed by atoms with van der Waals surface area (Å²) >= 11 is 5.32. The number of amides is 3. The minimum absolute atomic E-state index is 0.207. The third kappa shape index (κ3) is 2.02. The summed E-state index contributed by atoms with van der Waals surface area (Å²) in [5.41, 5.74) is 1.98. The van der Waals surface area contributed by atoms with Gasteiger partial charge in [-0.05, 0) is 18.1 Å². The zero-order valence-corrected chi connectivity index (χ0v) is 9.33. The van der Waals surface area contributed by atoms with E-state index in [1.165, 1.54) is 0 Å². The van der Waals surface area contributed by atoms with Gasteiger partial charge < -0.3 is 0 Å². The van der Waals surface area contributed by atoms with Crippen molar-refractivity contribution in [2.45, 2.75) is 6.42 Å². The fourth-order valence-electron chi connectivity index (χ4n) is 1.77. The minimum Gasteiger partial charge on any atom is -0.294 e. The monoisotopic (exact) mass is 238 g/mol. The van der Waals surface area contributed by atoms with Crippen LogP contribution < -0.4 is 10.2 Å². The zero-order valence-electron chi connectivity index (χ0n) is 8.57. The lowest BCUT2D eigenvalue weighted by molar-refractivity contribution is -0.117. The number of imide groups is 1. The summed E-state index contributed by atoms with van der Waals surface area (Å²) in [6.45, 7) is 0.598. The van der Waals surface area contributed by atoms with Gasteiger partial charge in [-0.15, -0.1) is 11.6 Å². The zero-order chi connectivity index (χ0) is 11.5. The number of fused-ring (bicyclic) bond motifs is 1. The van der Waals surface area contributed by atoms with Gasteiger partial charge >= 0.3 is 6.03 Å². The molecule has 5 heteroatoms. The molecule has 1 aromatic rings. The summed E-state index contributed by atoms with van der Waals surface area (Å²) in [5.74, 6) is -0.683. The number of carbonyl (C=O) groups is 2. The van der Waals surface area contributed by atoms with Crippen LogP contribution in [0.1, 0.15) is 5.56 Å². The Morgan fingerprint density at radius 2 is 2.12 bits per heavy atom. The number of urea groups is 1. The van der Waals surface area contributed by atoms with E-state index in [0.29, 0.717) is 6.54 Å². The highest BCUT2D eigenvalue weighted by Gasteiger charge is 2.24. The molecule has 0 bridgehead atoms. The molecular weight excluding hydrogens is 228 g/mol. The lowest BCUT2D eigenvalue weighted by atomic mass is 10.2. The predicted molar refractivity (Wildman–Crippen MR) is 61.8 cm³/mol. The summed E-state index contributed by atoms with van der Waals surface area (Å²) in [6.07, 6.45) is 0.818. The third-order valence-corrected chi connectivity index (χ3v) is 2.74. The van der Waals surface area contributed by atoms with Crippen molar-refractivity contribution >= 4 is 29.2 Å².